The normalized spacial score (nSPS) is 11.0. The lowest BCUT2D eigenvalue weighted by Crippen LogP contribution is -2.22. The number of benzene rings is 1. The van der Waals surface area contributed by atoms with Gasteiger partial charge in [0, 0.05) is 6.54 Å². The molecule has 2 nitrogen and oxygen atoms in total. The van der Waals surface area contributed by atoms with E-state index in [2.05, 4.69) is 47.6 Å². The van der Waals surface area contributed by atoms with Crippen LogP contribution in [0.2, 0.25) is 0 Å². The summed E-state index contributed by atoms with van der Waals surface area (Å²) in [5.41, 5.74) is 1.44. The van der Waals surface area contributed by atoms with Crippen molar-refractivity contribution in [2.24, 2.45) is 0 Å². The van der Waals surface area contributed by atoms with E-state index >= 15 is 0 Å². The second-order valence-corrected chi connectivity index (χ2v) is 4.70. The Labute approximate surface area is 106 Å². The Kier molecular flexibility index (Phi) is 7.69. The lowest BCUT2D eigenvalue weighted by atomic mass is 10.1. The molecule has 0 saturated carbocycles. The van der Waals surface area contributed by atoms with E-state index in [0.29, 0.717) is 0 Å². The maximum atomic E-state index is 3.19. The summed E-state index contributed by atoms with van der Waals surface area (Å²) in [6, 6.07) is 10.7. The number of hydrogen-bond acceptors (Lipinski definition) is 2. The second-order valence-electron chi connectivity index (χ2n) is 4.70. The number of likely N-dealkylation sites (N-methyl/N-ethyl adjacent to an activating group) is 1. The minimum atomic E-state index is 1.15. The molecule has 0 aliphatic carbocycles. The van der Waals surface area contributed by atoms with Gasteiger partial charge in [-0.2, -0.15) is 0 Å². The van der Waals surface area contributed by atoms with Gasteiger partial charge in [-0.05, 0) is 52.0 Å². The lowest BCUT2D eigenvalue weighted by Gasteiger charge is -2.16. The van der Waals surface area contributed by atoms with Gasteiger partial charge in [0.15, 0.2) is 0 Å². The van der Waals surface area contributed by atoms with E-state index in [1.165, 1.54) is 31.4 Å². The van der Waals surface area contributed by atoms with Gasteiger partial charge in [-0.15, -0.1) is 0 Å². The molecule has 0 bridgehead atoms. The molecule has 0 amide bonds. The van der Waals surface area contributed by atoms with Crippen molar-refractivity contribution in [1.82, 2.24) is 10.2 Å². The number of nitrogens with zero attached hydrogens (tertiary/aromatic N) is 1. The topological polar surface area (TPSA) is 15.3 Å². The zero-order valence-electron chi connectivity index (χ0n) is 11.3. The number of hydrogen-bond donors (Lipinski definition) is 1. The first-order valence-corrected chi connectivity index (χ1v) is 6.70. The van der Waals surface area contributed by atoms with Crippen LogP contribution in [0.1, 0.15) is 24.8 Å². The summed E-state index contributed by atoms with van der Waals surface area (Å²) in [7, 11) is 4.24. The van der Waals surface area contributed by atoms with E-state index in [-0.39, 0.29) is 0 Å². The van der Waals surface area contributed by atoms with Gasteiger partial charge in [0.1, 0.15) is 0 Å². The molecule has 0 heterocycles. The summed E-state index contributed by atoms with van der Waals surface area (Å²) in [6.07, 6.45) is 5.10. The van der Waals surface area contributed by atoms with Gasteiger partial charge >= 0.3 is 0 Å². The average Bonchev–Trinajstić information content (AvgIpc) is 2.37. The fourth-order valence-corrected chi connectivity index (χ4v) is 1.94. The number of rotatable bonds is 9. The Morgan fingerprint density at radius 2 is 1.76 bits per heavy atom. The highest BCUT2D eigenvalue weighted by Crippen LogP contribution is 2.02. The van der Waals surface area contributed by atoms with Crippen LogP contribution in [0.3, 0.4) is 0 Å². The van der Waals surface area contributed by atoms with Crippen molar-refractivity contribution < 1.29 is 0 Å². The third kappa shape index (κ3) is 7.14. The highest BCUT2D eigenvalue weighted by Gasteiger charge is 1.99. The lowest BCUT2D eigenvalue weighted by molar-refractivity contribution is 0.328. The van der Waals surface area contributed by atoms with Gasteiger partial charge in [0.05, 0.1) is 0 Å². The van der Waals surface area contributed by atoms with Gasteiger partial charge in [-0.1, -0.05) is 36.8 Å². The molecule has 0 spiro atoms. The Bertz CT molecular complexity index is 272. The summed E-state index contributed by atoms with van der Waals surface area (Å²) in [5, 5.41) is 3.19. The molecule has 0 saturated heterocycles. The fourth-order valence-electron chi connectivity index (χ4n) is 1.94. The van der Waals surface area contributed by atoms with E-state index < -0.39 is 0 Å². The van der Waals surface area contributed by atoms with Gasteiger partial charge in [0.2, 0.25) is 0 Å². The van der Waals surface area contributed by atoms with Gasteiger partial charge < -0.3 is 10.2 Å². The molecule has 1 N–H and O–H groups in total. The Morgan fingerprint density at radius 3 is 2.47 bits per heavy atom. The molecule has 17 heavy (non-hydrogen) atoms. The van der Waals surface area contributed by atoms with Gasteiger partial charge in [-0.3, -0.25) is 0 Å². The summed E-state index contributed by atoms with van der Waals surface area (Å²) >= 11 is 0. The molecule has 96 valence electrons. The SMILES string of the molecule is CNCCCCCN(C)CCc1ccccc1. The molecule has 1 aromatic carbocycles. The molecule has 0 atom stereocenters. The monoisotopic (exact) mass is 234 g/mol. The molecule has 0 aromatic heterocycles. The van der Waals surface area contributed by atoms with Crippen molar-refractivity contribution >= 4 is 0 Å². The third-order valence-corrected chi connectivity index (χ3v) is 3.09. The van der Waals surface area contributed by atoms with Crippen LogP contribution in [-0.4, -0.2) is 38.6 Å². The Morgan fingerprint density at radius 1 is 1.00 bits per heavy atom. The van der Waals surface area contributed by atoms with E-state index in [9.17, 15) is 0 Å². The highest BCUT2D eigenvalue weighted by molar-refractivity contribution is 5.14. The minimum absolute atomic E-state index is 1.15. The molecule has 0 fully saturated rings. The smallest absolute Gasteiger partial charge is 0.00188 e. The predicted octanol–water partition coefficient (Wildman–Crippen LogP) is 2.55. The highest BCUT2D eigenvalue weighted by atomic mass is 15.1. The maximum Gasteiger partial charge on any atom is 0.00188 e. The van der Waals surface area contributed by atoms with Gasteiger partial charge in [0.25, 0.3) is 0 Å². The molecule has 1 rings (SSSR count). The van der Waals surface area contributed by atoms with Crippen LogP contribution in [0.15, 0.2) is 30.3 Å². The number of nitrogens with one attached hydrogen (secondary N) is 1. The van der Waals surface area contributed by atoms with Crippen molar-refractivity contribution in [2.45, 2.75) is 25.7 Å². The van der Waals surface area contributed by atoms with Crippen molar-refractivity contribution in [1.29, 1.82) is 0 Å². The van der Waals surface area contributed by atoms with E-state index in [4.69, 9.17) is 0 Å². The molecule has 0 unspecified atom stereocenters. The zero-order chi connectivity index (χ0) is 12.3. The largest absolute Gasteiger partial charge is 0.320 e. The maximum absolute atomic E-state index is 3.19. The molecular formula is C15H26N2. The van der Waals surface area contributed by atoms with Crippen molar-refractivity contribution in [3.63, 3.8) is 0 Å². The molecule has 0 aliphatic rings. The Hall–Kier alpha value is -0.860. The Balaban J connectivity index is 2.03. The van der Waals surface area contributed by atoms with E-state index in [1.807, 2.05) is 7.05 Å². The van der Waals surface area contributed by atoms with Crippen LogP contribution >= 0.6 is 0 Å². The third-order valence-electron chi connectivity index (χ3n) is 3.09. The summed E-state index contributed by atoms with van der Waals surface area (Å²) in [4.78, 5) is 2.44. The quantitative estimate of drug-likeness (QED) is 0.661. The predicted molar refractivity (Wildman–Crippen MR) is 75.4 cm³/mol. The summed E-state index contributed by atoms with van der Waals surface area (Å²) < 4.78 is 0. The van der Waals surface area contributed by atoms with Crippen molar-refractivity contribution in [2.75, 3.05) is 33.7 Å². The molecule has 0 aliphatic heterocycles. The minimum Gasteiger partial charge on any atom is -0.320 e. The fraction of sp³-hybridized carbons (Fsp3) is 0.600. The van der Waals surface area contributed by atoms with Crippen LogP contribution in [0.5, 0.6) is 0 Å². The van der Waals surface area contributed by atoms with Crippen LogP contribution < -0.4 is 5.32 Å². The molecule has 2 heteroatoms. The summed E-state index contributed by atoms with van der Waals surface area (Å²) in [6.45, 7) is 3.53. The van der Waals surface area contributed by atoms with Crippen molar-refractivity contribution in [3.05, 3.63) is 35.9 Å². The van der Waals surface area contributed by atoms with E-state index in [0.717, 1.165) is 19.5 Å². The average molecular weight is 234 g/mol. The summed E-state index contributed by atoms with van der Waals surface area (Å²) in [5.74, 6) is 0. The first-order valence-electron chi connectivity index (χ1n) is 6.70. The second kappa shape index (κ2) is 9.20. The number of unbranched alkanes of at least 4 members (excludes halogenated alkanes) is 2. The standard InChI is InChI=1S/C15H26N2/c1-16-12-7-4-8-13-17(2)14-11-15-9-5-3-6-10-15/h3,5-6,9-10,16H,4,7-8,11-14H2,1-2H3. The van der Waals surface area contributed by atoms with Crippen LogP contribution in [0, 0.1) is 0 Å². The first kappa shape index (κ1) is 14.2. The van der Waals surface area contributed by atoms with Crippen LogP contribution in [0.25, 0.3) is 0 Å². The molecular weight excluding hydrogens is 208 g/mol. The van der Waals surface area contributed by atoms with Crippen molar-refractivity contribution in [3.8, 4) is 0 Å². The van der Waals surface area contributed by atoms with Crippen LogP contribution in [-0.2, 0) is 6.42 Å². The first-order chi connectivity index (χ1) is 8.33. The molecule has 1 aromatic rings. The zero-order valence-corrected chi connectivity index (χ0v) is 11.3. The van der Waals surface area contributed by atoms with Crippen LogP contribution in [0.4, 0.5) is 0 Å². The molecule has 0 radical (unpaired) electrons. The van der Waals surface area contributed by atoms with Gasteiger partial charge in [-0.25, -0.2) is 0 Å². The van der Waals surface area contributed by atoms with E-state index in [1.54, 1.807) is 0 Å².